The second-order valence-corrected chi connectivity index (χ2v) is 3.65. The molecule has 1 aromatic rings. The molecule has 0 aliphatic rings. The molecular formula is C11H13NOS. The minimum absolute atomic E-state index is 0.0405. The van der Waals surface area contributed by atoms with Crippen molar-refractivity contribution in [1.82, 2.24) is 4.72 Å². The third-order valence-electron chi connectivity index (χ3n) is 1.60. The molecule has 1 N–H and O–H groups in total. The van der Waals surface area contributed by atoms with Gasteiger partial charge in [0.25, 0.3) is 0 Å². The molecule has 0 aliphatic carbocycles. The van der Waals surface area contributed by atoms with Crippen LogP contribution < -0.4 is 4.72 Å². The highest BCUT2D eigenvalue weighted by atomic mass is 32.2. The first-order chi connectivity index (χ1) is 6.83. The van der Waals surface area contributed by atoms with E-state index in [0.29, 0.717) is 6.42 Å². The number of allylic oxidation sites excluding steroid dienone is 1. The maximum atomic E-state index is 11.2. The van der Waals surface area contributed by atoms with Crippen LogP contribution in [0.5, 0.6) is 0 Å². The number of amides is 1. The molecule has 0 bridgehead atoms. The Balaban J connectivity index is 2.27. The molecule has 14 heavy (non-hydrogen) atoms. The number of hydrogen-bond donors (Lipinski definition) is 1. The molecule has 1 rings (SSSR count). The lowest BCUT2D eigenvalue weighted by Crippen LogP contribution is -2.14. The van der Waals surface area contributed by atoms with Crippen molar-refractivity contribution in [3.8, 4) is 0 Å². The third-order valence-corrected chi connectivity index (χ3v) is 2.44. The predicted octanol–water partition coefficient (Wildman–Crippen LogP) is 2.78. The van der Waals surface area contributed by atoms with Crippen LogP contribution in [0, 0.1) is 0 Å². The lowest BCUT2D eigenvalue weighted by Gasteiger charge is -2.02. The van der Waals surface area contributed by atoms with Crippen molar-refractivity contribution < 1.29 is 4.79 Å². The van der Waals surface area contributed by atoms with Gasteiger partial charge in [0, 0.05) is 11.3 Å². The van der Waals surface area contributed by atoms with Crippen molar-refractivity contribution in [2.45, 2.75) is 17.7 Å². The van der Waals surface area contributed by atoms with Crippen LogP contribution in [0.4, 0.5) is 0 Å². The van der Waals surface area contributed by atoms with Gasteiger partial charge in [-0.1, -0.05) is 24.3 Å². The van der Waals surface area contributed by atoms with Gasteiger partial charge in [-0.15, -0.1) is 6.58 Å². The van der Waals surface area contributed by atoms with E-state index in [-0.39, 0.29) is 5.91 Å². The average Bonchev–Trinajstić information content (AvgIpc) is 2.25. The van der Waals surface area contributed by atoms with Gasteiger partial charge in [0.05, 0.1) is 0 Å². The molecule has 0 spiro atoms. The maximum absolute atomic E-state index is 11.2. The Bertz CT molecular complexity index is 297. The van der Waals surface area contributed by atoms with E-state index in [9.17, 15) is 4.79 Å². The van der Waals surface area contributed by atoms with Crippen molar-refractivity contribution in [1.29, 1.82) is 0 Å². The highest BCUT2D eigenvalue weighted by Gasteiger charge is 1.99. The smallest absolute Gasteiger partial charge is 0.230 e. The van der Waals surface area contributed by atoms with E-state index in [1.165, 1.54) is 11.9 Å². The highest BCUT2D eigenvalue weighted by Crippen LogP contribution is 2.13. The second-order valence-electron chi connectivity index (χ2n) is 2.77. The van der Waals surface area contributed by atoms with Crippen LogP contribution in [0.2, 0.25) is 0 Å². The van der Waals surface area contributed by atoms with E-state index in [1.54, 1.807) is 6.08 Å². The first kappa shape index (κ1) is 10.9. The van der Waals surface area contributed by atoms with E-state index >= 15 is 0 Å². The monoisotopic (exact) mass is 207 g/mol. The summed E-state index contributed by atoms with van der Waals surface area (Å²) in [6, 6.07) is 9.75. The molecule has 0 aromatic heterocycles. The molecule has 0 saturated carbocycles. The van der Waals surface area contributed by atoms with Gasteiger partial charge in [-0.25, -0.2) is 0 Å². The number of carbonyl (C=O) groups is 1. The van der Waals surface area contributed by atoms with Gasteiger partial charge in [-0.05, 0) is 30.5 Å². The zero-order chi connectivity index (χ0) is 10.2. The number of carbonyl (C=O) groups excluding carboxylic acids is 1. The highest BCUT2D eigenvalue weighted by molar-refractivity contribution is 7.98. The first-order valence-electron chi connectivity index (χ1n) is 4.44. The Labute approximate surface area is 88.5 Å². The zero-order valence-electron chi connectivity index (χ0n) is 7.90. The molecule has 0 heterocycles. The Morgan fingerprint density at radius 3 is 2.79 bits per heavy atom. The molecular weight excluding hydrogens is 194 g/mol. The lowest BCUT2D eigenvalue weighted by molar-refractivity contribution is -0.119. The number of benzene rings is 1. The van der Waals surface area contributed by atoms with Crippen LogP contribution >= 0.6 is 11.9 Å². The third kappa shape index (κ3) is 4.14. The van der Waals surface area contributed by atoms with Crippen molar-refractivity contribution in [3.63, 3.8) is 0 Å². The van der Waals surface area contributed by atoms with Crippen LogP contribution in [0.15, 0.2) is 47.9 Å². The minimum atomic E-state index is 0.0405. The molecule has 0 unspecified atom stereocenters. The van der Waals surface area contributed by atoms with Gasteiger partial charge in [0.15, 0.2) is 0 Å². The summed E-state index contributed by atoms with van der Waals surface area (Å²) in [5, 5.41) is 0. The van der Waals surface area contributed by atoms with Gasteiger partial charge < -0.3 is 0 Å². The van der Waals surface area contributed by atoms with Crippen molar-refractivity contribution in [2.75, 3.05) is 0 Å². The Morgan fingerprint density at radius 1 is 1.43 bits per heavy atom. The molecule has 1 amide bonds. The molecule has 3 heteroatoms. The van der Waals surface area contributed by atoms with Crippen molar-refractivity contribution >= 4 is 17.9 Å². The van der Waals surface area contributed by atoms with Crippen LogP contribution in [-0.4, -0.2) is 5.91 Å². The fourth-order valence-electron chi connectivity index (χ4n) is 0.889. The van der Waals surface area contributed by atoms with E-state index in [1.807, 2.05) is 30.3 Å². The first-order valence-corrected chi connectivity index (χ1v) is 5.26. The average molecular weight is 207 g/mol. The SMILES string of the molecule is C=CCCC(=O)NSc1ccccc1. The molecule has 0 atom stereocenters. The minimum Gasteiger partial charge on any atom is -0.296 e. The van der Waals surface area contributed by atoms with Crippen LogP contribution in [-0.2, 0) is 4.79 Å². The van der Waals surface area contributed by atoms with E-state index < -0.39 is 0 Å². The topological polar surface area (TPSA) is 29.1 Å². The standard InChI is InChI=1S/C11H13NOS/c1-2-3-9-11(13)12-14-10-7-5-4-6-8-10/h2,4-8H,1,3,9H2,(H,12,13). The molecule has 74 valence electrons. The molecule has 0 radical (unpaired) electrons. The second kappa shape index (κ2) is 6.27. The van der Waals surface area contributed by atoms with Crippen LogP contribution in [0.3, 0.4) is 0 Å². The summed E-state index contributed by atoms with van der Waals surface area (Å²) in [6.45, 7) is 3.56. The fraction of sp³-hybridized carbons (Fsp3) is 0.182. The van der Waals surface area contributed by atoms with E-state index in [4.69, 9.17) is 0 Å². The number of nitrogens with one attached hydrogen (secondary N) is 1. The van der Waals surface area contributed by atoms with Gasteiger partial charge in [0.1, 0.15) is 0 Å². The quantitative estimate of drug-likeness (QED) is 0.594. The summed E-state index contributed by atoms with van der Waals surface area (Å²) >= 11 is 1.35. The van der Waals surface area contributed by atoms with Gasteiger partial charge in [-0.2, -0.15) is 0 Å². The largest absolute Gasteiger partial charge is 0.296 e. The normalized spacial score (nSPS) is 9.43. The van der Waals surface area contributed by atoms with Crippen molar-refractivity contribution in [2.24, 2.45) is 0 Å². The molecule has 0 aliphatic heterocycles. The summed E-state index contributed by atoms with van der Waals surface area (Å²) in [5.41, 5.74) is 0. The Hall–Kier alpha value is -1.22. The Morgan fingerprint density at radius 2 is 2.14 bits per heavy atom. The lowest BCUT2D eigenvalue weighted by atomic mass is 10.3. The van der Waals surface area contributed by atoms with Crippen LogP contribution in [0.25, 0.3) is 0 Å². The zero-order valence-corrected chi connectivity index (χ0v) is 8.72. The van der Waals surface area contributed by atoms with Gasteiger partial charge in [0.2, 0.25) is 5.91 Å². The summed E-state index contributed by atoms with van der Waals surface area (Å²) in [4.78, 5) is 12.2. The predicted molar refractivity (Wildman–Crippen MR) is 59.9 cm³/mol. The molecule has 0 fully saturated rings. The van der Waals surface area contributed by atoms with Gasteiger partial charge >= 0.3 is 0 Å². The van der Waals surface area contributed by atoms with E-state index in [2.05, 4.69) is 11.3 Å². The van der Waals surface area contributed by atoms with E-state index in [0.717, 1.165) is 11.3 Å². The number of rotatable bonds is 5. The maximum Gasteiger partial charge on any atom is 0.230 e. The summed E-state index contributed by atoms with van der Waals surface area (Å²) < 4.78 is 2.76. The summed E-state index contributed by atoms with van der Waals surface area (Å²) in [6.07, 6.45) is 2.97. The van der Waals surface area contributed by atoms with Crippen LogP contribution in [0.1, 0.15) is 12.8 Å². The summed E-state index contributed by atoms with van der Waals surface area (Å²) in [5.74, 6) is 0.0405. The molecule has 0 saturated heterocycles. The van der Waals surface area contributed by atoms with Crippen molar-refractivity contribution in [3.05, 3.63) is 43.0 Å². The molecule has 2 nitrogen and oxygen atoms in total. The number of hydrogen-bond acceptors (Lipinski definition) is 2. The molecule has 1 aromatic carbocycles. The Kier molecular flexibility index (Phi) is 4.86. The van der Waals surface area contributed by atoms with Gasteiger partial charge in [-0.3, -0.25) is 9.52 Å². The fourth-order valence-corrected chi connectivity index (χ4v) is 1.52. The summed E-state index contributed by atoms with van der Waals surface area (Å²) in [7, 11) is 0.